The molecule has 0 aliphatic carbocycles. The van der Waals surface area contributed by atoms with Crippen molar-refractivity contribution in [2.75, 3.05) is 14.2 Å². The van der Waals surface area contributed by atoms with E-state index in [1.807, 2.05) is 0 Å². The molecule has 2 aromatic rings. The van der Waals surface area contributed by atoms with Crippen LogP contribution in [0.1, 0.15) is 37.5 Å². The number of hydrogen-bond donors (Lipinski definition) is 1. The lowest BCUT2D eigenvalue weighted by Crippen LogP contribution is -2.09. The van der Waals surface area contributed by atoms with Crippen LogP contribution in [0.2, 0.25) is 0 Å². The Hall–Kier alpha value is -2.86. The highest BCUT2D eigenvalue weighted by Crippen LogP contribution is 2.11. The lowest BCUT2D eigenvalue weighted by atomic mass is 10.0. The van der Waals surface area contributed by atoms with Gasteiger partial charge in [0.15, 0.2) is 11.6 Å². The van der Waals surface area contributed by atoms with E-state index in [4.69, 9.17) is 0 Å². The number of esters is 1. The minimum absolute atomic E-state index is 0.279. The Bertz CT molecular complexity index is 709. The Kier molecular flexibility index (Phi) is 7.45. The largest absolute Gasteiger partial charge is 0.465 e. The summed E-state index contributed by atoms with van der Waals surface area (Å²) >= 11 is 0. The number of carbonyl (C=O) groups excluding carboxylic acids is 3. The fourth-order valence-corrected chi connectivity index (χ4v) is 1.90. The van der Waals surface area contributed by atoms with Crippen molar-refractivity contribution in [3.63, 3.8) is 0 Å². The number of ether oxygens (including phenoxy) is 1. The third kappa shape index (κ3) is 5.10. The number of ketones is 2. The highest BCUT2D eigenvalue weighted by Gasteiger charge is 2.14. The second kappa shape index (κ2) is 9.32. The van der Waals surface area contributed by atoms with Crippen LogP contribution in [0.3, 0.4) is 0 Å². The standard InChI is InChI=1S/C17H13FO4.CH5N/c1-22-17(21)13-4-2-11(3-5-13)15(19)10-16(20)12-6-8-14(18)9-7-12;1-2/h2-9H,10H2,1H3;2H2,1H3. The van der Waals surface area contributed by atoms with Crippen LogP contribution >= 0.6 is 0 Å². The number of hydrogen-bond acceptors (Lipinski definition) is 5. The summed E-state index contributed by atoms with van der Waals surface area (Å²) in [6, 6.07) is 10.9. The molecule has 0 saturated carbocycles. The molecular weight excluding hydrogens is 313 g/mol. The van der Waals surface area contributed by atoms with E-state index in [0.29, 0.717) is 11.1 Å². The van der Waals surface area contributed by atoms with Gasteiger partial charge in [0.25, 0.3) is 0 Å². The van der Waals surface area contributed by atoms with Crippen molar-refractivity contribution in [1.82, 2.24) is 0 Å². The van der Waals surface area contributed by atoms with Gasteiger partial charge < -0.3 is 10.5 Å². The zero-order valence-electron chi connectivity index (χ0n) is 13.4. The smallest absolute Gasteiger partial charge is 0.337 e. The van der Waals surface area contributed by atoms with Crippen LogP contribution in [0, 0.1) is 5.82 Å². The lowest BCUT2D eigenvalue weighted by Gasteiger charge is -2.03. The van der Waals surface area contributed by atoms with E-state index < -0.39 is 11.8 Å². The number of carbonyl (C=O) groups is 3. The van der Waals surface area contributed by atoms with Gasteiger partial charge in [0.1, 0.15) is 5.82 Å². The normalized spacial score (nSPS) is 9.50. The molecule has 24 heavy (non-hydrogen) atoms. The van der Waals surface area contributed by atoms with Crippen molar-refractivity contribution in [2.24, 2.45) is 5.73 Å². The van der Waals surface area contributed by atoms with Gasteiger partial charge in [-0.3, -0.25) is 9.59 Å². The van der Waals surface area contributed by atoms with Crippen molar-refractivity contribution >= 4 is 17.5 Å². The number of nitrogens with two attached hydrogens (primary N) is 1. The van der Waals surface area contributed by atoms with Gasteiger partial charge in [-0.1, -0.05) is 12.1 Å². The van der Waals surface area contributed by atoms with Crippen molar-refractivity contribution in [3.8, 4) is 0 Å². The number of benzene rings is 2. The molecule has 2 aromatic carbocycles. The van der Waals surface area contributed by atoms with E-state index in [1.165, 1.54) is 62.7 Å². The number of Topliss-reactive ketones (excluding diaryl/α,β-unsaturated/α-hetero) is 2. The fraction of sp³-hybridized carbons (Fsp3) is 0.167. The van der Waals surface area contributed by atoms with E-state index in [-0.39, 0.29) is 23.6 Å². The van der Waals surface area contributed by atoms with Crippen LogP contribution < -0.4 is 5.73 Å². The molecule has 0 spiro atoms. The van der Waals surface area contributed by atoms with Crippen LogP contribution in [0.5, 0.6) is 0 Å². The van der Waals surface area contributed by atoms with Gasteiger partial charge in [-0.2, -0.15) is 0 Å². The lowest BCUT2D eigenvalue weighted by molar-refractivity contribution is 0.0600. The maximum atomic E-state index is 12.8. The number of rotatable bonds is 5. The summed E-state index contributed by atoms with van der Waals surface area (Å²) in [6.07, 6.45) is -0.316. The molecule has 0 fully saturated rings. The first-order valence-corrected chi connectivity index (χ1v) is 7.09. The molecule has 0 aliphatic rings. The molecule has 126 valence electrons. The van der Waals surface area contributed by atoms with Crippen LogP contribution in [0.25, 0.3) is 0 Å². The summed E-state index contributed by atoms with van der Waals surface area (Å²) in [7, 11) is 2.77. The quantitative estimate of drug-likeness (QED) is 0.517. The van der Waals surface area contributed by atoms with Crippen molar-refractivity contribution in [2.45, 2.75) is 6.42 Å². The Labute approximate surface area is 139 Å². The average molecular weight is 331 g/mol. The Morgan fingerprint density at radius 2 is 1.21 bits per heavy atom. The first-order valence-electron chi connectivity index (χ1n) is 7.09. The van der Waals surface area contributed by atoms with Crippen molar-refractivity contribution < 1.29 is 23.5 Å². The molecule has 5 nitrogen and oxygen atoms in total. The second-order valence-electron chi connectivity index (χ2n) is 4.60. The average Bonchev–Trinajstić information content (AvgIpc) is 2.63. The third-order valence-corrected chi connectivity index (χ3v) is 3.12. The van der Waals surface area contributed by atoms with Gasteiger partial charge in [-0.15, -0.1) is 0 Å². The maximum Gasteiger partial charge on any atom is 0.337 e. The summed E-state index contributed by atoms with van der Waals surface area (Å²) in [5.74, 6) is -1.70. The van der Waals surface area contributed by atoms with E-state index in [9.17, 15) is 18.8 Å². The number of methoxy groups -OCH3 is 1. The van der Waals surface area contributed by atoms with Crippen LogP contribution in [0.4, 0.5) is 4.39 Å². The first kappa shape index (κ1) is 19.2. The van der Waals surface area contributed by atoms with Gasteiger partial charge in [-0.05, 0) is 43.4 Å². The highest BCUT2D eigenvalue weighted by atomic mass is 19.1. The molecule has 0 aromatic heterocycles. The van der Waals surface area contributed by atoms with Gasteiger partial charge in [-0.25, -0.2) is 9.18 Å². The molecule has 0 atom stereocenters. The molecule has 0 heterocycles. The monoisotopic (exact) mass is 331 g/mol. The van der Waals surface area contributed by atoms with Gasteiger partial charge in [0.2, 0.25) is 0 Å². The van der Waals surface area contributed by atoms with E-state index in [0.717, 1.165) is 0 Å². The number of halogens is 1. The molecular formula is C18H18FNO4. The van der Waals surface area contributed by atoms with Crippen LogP contribution in [0.15, 0.2) is 48.5 Å². The van der Waals surface area contributed by atoms with Gasteiger partial charge >= 0.3 is 5.97 Å². The zero-order valence-corrected chi connectivity index (χ0v) is 13.4. The predicted molar refractivity (Wildman–Crippen MR) is 87.6 cm³/mol. The molecule has 0 amide bonds. The highest BCUT2D eigenvalue weighted by molar-refractivity contribution is 6.13. The Morgan fingerprint density at radius 1 is 0.833 bits per heavy atom. The van der Waals surface area contributed by atoms with Crippen LogP contribution in [-0.2, 0) is 4.74 Å². The Balaban J connectivity index is 0.00000139. The summed E-state index contributed by atoms with van der Waals surface area (Å²) in [4.78, 5) is 35.3. The third-order valence-electron chi connectivity index (χ3n) is 3.12. The summed E-state index contributed by atoms with van der Waals surface area (Å²) in [6.45, 7) is 0. The predicted octanol–water partition coefficient (Wildman–Crippen LogP) is 2.64. The van der Waals surface area contributed by atoms with Gasteiger partial charge in [0.05, 0.1) is 19.1 Å². The fourth-order valence-electron chi connectivity index (χ4n) is 1.90. The topological polar surface area (TPSA) is 86.5 Å². The van der Waals surface area contributed by atoms with E-state index in [2.05, 4.69) is 10.5 Å². The summed E-state index contributed by atoms with van der Waals surface area (Å²) in [5, 5.41) is 0. The van der Waals surface area contributed by atoms with Crippen molar-refractivity contribution in [3.05, 3.63) is 71.0 Å². The van der Waals surface area contributed by atoms with Gasteiger partial charge in [0, 0.05) is 11.1 Å². The molecule has 0 unspecified atom stereocenters. The molecule has 2 N–H and O–H groups in total. The molecule has 0 radical (unpaired) electrons. The minimum atomic E-state index is -0.499. The second-order valence-corrected chi connectivity index (χ2v) is 4.60. The van der Waals surface area contributed by atoms with E-state index in [1.54, 1.807) is 0 Å². The van der Waals surface area contributed by atoms with E-state index >= 15 is 0 Å². The summed E-state index contributed by atoms with van der Waals surface area (Å²) in [5.41, 5.74) is 5.42. The molecule has 6 heteroatoms. The van der Waals surface area contributed by atoms with Crippen molar-refractivity contribution in [1.29, 1.82) is 0 Å². The maximum absolute atomic E-state index is 12.8. The van der Waals surface area contributed by atoms with Crippen LogP contribution in [-0.4, -0.2) is 31.7 Å². The SMILES string of the molecule is CN.COC(=O)c1ccc(C(=O)CC(=O)c2ccc(F)cc2)cc1. The zero-order chi connectivity index (χ0) is 18.1. The summed E-state index contributed by atoms with van der Waals surface area (Å²) < 4.78 is 17.4. The molecule has 0 saturated heterocycles. The molecule has 0 bridgehead atoms. The first-order chi connectivity index (χ1) is 11.5. The molecule has 0 aliphatic heterocycles. The Morgan fingerprint density at radius 3 is 1.62 bits per heavy atom. The molecule has 2 rings (SSSR count). The minimum Gasteiger partial charge on any atom is -0.465 e.